The summed E-state index contributed by atoms with van der Waals surface area (Å²) in [4.78, 5) is 15.8. The third kappa shape index (κ3) is 4.77. The lowest BCUT2D eigenvalue weighted by atomic mass is 10.0. The molecule has 1 amide bonds. The summed E-state index contributed by atoms with van der Waals surface area (Å²) >= 11 is 0. The maximum atomic E-state index is 13.2. The van der Waals surface area contributed by atoms with Gasteiger partial charge in [-0.1, -0.05) is 37.8 Å². The minimum atomic E-state index is -0.164. The summed E-state index contributed by atoms with van der Waals surface area (Å²) in [5.41, 5.74) is 1.04. The van der Waals surface area contributed by atoms with Crippen molar-refractivity contribution in [1.29, 1.82) is 0 Å². The van der Waals surface area contributed by atoms with Crippen LogP contribution in [-0.4, -0.2) is 37.0 Å². The standard InChI is InChI=1S/C19H27FN2O/c20-18-7-3-6-17(14-18)15-21-10-12-22(13-11-21)19(23)9-8-16-4-1-2-5-16/h3,6-7,14,16H,1-2,4-5,8-13,15H2/p+1. The van der Waals surface area contributed by atoms with Crippen molar-refractivity contribution in [3.05, 3.63) is 35.6 Å². The van der Waals surface area contributed by atoms with Gasteiger partial charge in [0.15, 0.2) is 0 Å². The van der Waals surface area contributed by atoms with Crippen LogP contribution in [0.5, 0.6) is 0 Å². The van der Waals surface area contributed by atoms with Crippen molar-refractivity contribution in [2.45, 2.75) is 45.1 Å². The van der Waals surface area contributed by atoms with E-state index in [1.54, 1.807) is 12.1 Å². The molecule has 23 heavy (non-hydrogen) atoms. The fourth-order valence-electron chi connectivity index (χ4n) is 3.97. The van der Waals surface area contributed by atoms with Crippen LogP contribution in [0.4, 0.5) is 4.39 Å². The lowest BCUT2D eigenvalue weighted by Crippen LogP contribution is -3.13. The Labute approximate surface area is 138 Å². The number of carbonyl (C=O) groups excluding carboxylic acids is 1. The monoisotopic (exact) mass is 319 g/mol. The Morgan fingerprint density at radius 3 is 2.65 bits per heavy atom. The number of carbonyl (C=O) groups is 1. The molecule has 0 radical (unpaired) electrons. The highest BCUT2D eigenvalue weighted by Gasteiger charge is 2.24. The molecule has 1 aromatic rings. The van der Waals surface area contributed by atoms with E-state index in [9.17, 15) is 9.18 Å². The van der Waals surface area contributed by atoms with Crippen molar-refractivity contribution in [3.8, 4) is 0 Å². The molecule has 4 heteroatoms. The van der Waals surface area contributed by atoms with Gasteiger partial charge in [0.25, 0.3) is 0 Å². The maximum Gasteiger partial charge on any atom is 0.222 e. The molecule has 1 aliphatic carbocycles. The molecule has 0 atom stereocenters. The number of hydrogen-bond acceptors (Lipinski definition) is 1. The van der Waals surface area contributed by atoms with Crippen LogP contribution < -0.4 is 4.90 Å². The zero-order valence-electron chi connectivity index (χ0n) is 13.9. The molecule has 1 saturated carbocycles. The quantitative estimate of drug-likeness (QED) is 0.882. The van der Waals surface area contributed by atoms with Crippen LogP contribution in [0.15, 0.2) is 24.3 Å². The van der Waals surface area contributed by atoms with Crippen molar-refractivity contribution < 1.29 is 14.1 Å². The lowest BCUT2D eigenvalue weighted by Gasteiger charge is -2.32. The number of amides is 1. The van der Waals surface area contributed by atoms with Gasteiger partial charge >= 0.3 is 0 Å². The van der Waals surface area contributed by atoms with E-state index in [0.717, 1.165) is 57.0 Å². The molecule has 1 heterocycles. The zero-order chi connectivity index (χ0) is 16.1. The van der Waals surface area contributed by atoms with Crippen LogP contribution in [0, 0.1) is 11.7 Å². The molecule has 1 N–H and O–H groups in total. The van der Waals surface area contributed by atoms with Crippen molar-refractivity contribution in [3.63, 3.8) is 0 Å². The summed E-state index contributed by atoms with van der Waals surface area (Å²) in [6, 6.07) is 6.86. The highest BCUT2D eigenvalue weighted by atomic mass is 19.1. The summed E-state index contributed by atoms with van der Waals surface area (Å²) in [5.74, 6) is 0.961. The normalized spacial score (nSPS) is 20.1. The predicted molar refractivity (Wildman–Crippen MR) is 88.6 cm³/mol. The lowest BCUT2D eigenvalue weighted by molar-refractivity contribution is -0.917. The second-order valence-corrected chi connectivity index (χ2v) is 7.13. The van der Waals surface area contributed by atoms with Crippen LogP contribution in [-0.2, 0) is 11.3 Å². The minimum Gasteiger partial charge on any atom is -0.331 e. The first-order valence-corrected chi connectivity index (χ1v) is 9.06. The van der Waals surface area contributed by atoms with Crippen molar-refractivity contribution >= 4 is 5.91 Å². The van der Waals surface area contributed by atoms with Crippen LogP contribution >= 0.6 is 0 Å². The first-order chi connectivity index (χ1) is 11.2. The van der Waals surface area contributed by atoms with Gasteiger partial charge in [0.1, 0.15) is 12.4 Å². The molecule has 2 fully saturated rings. The third-order valence-corrected chi connectivity index (χ3v) is 5.41. The van der Waals surface area contributed by atoms with E-state index in [0.29, 0.717) is 5.91 Å². The molecule has 3 rings (SSSR count). The summed E-state index contributed by atoms with van der Waals surface area (Å²) < 4.78 is 13.2. The highest BCUT2D eigenvalue weighted by molar-refractivity contribution is 5.76. The van der Waals surface area contributed by atoms with E-state index < -0.39 is 0 Å². The third-order valence-electron chi connectivity index (χ3n) is 5.41. The van der Waals surface area contributed by atoms with Crippen LogP contribution in [0.3, 0.4) is 0 Å². The molecule has 2 aliphatic rings. The molecule has 1 aliphatic heterocycles. The molecular formula is C19H28FN2O+. The Bertz CT molecular complexity index is 520. The largest absolute Gasteiger partial charge is 0.331 e. The van der Waals surface area contributed by atoms with Gasteiger partial charge in [0.05, 0.1) is 26.2 Å². The Morgan fingerprint density at radius 2 is 1.96 bits per heavy atom. The second-order valence-electron chi connectivity index (χ2n) is 7.13. The average Bonchev–Trinajstić information content (AvgIpc) is 3.07. The van der Waals surface area contributed by atoms with Gasteiger partial charge in [-0.2, -0.15) is 0 Å². The number of nitrogens with one attached hydrogen (secondary N) is 1. The fraction of sp³-hybridized carbons (Fsp3) is 0.632. The van der Waals surface area contributed by atoms with Gasteiger partial charge in [-0.05, 0) is 24.5 Å². The Kier molecular flexibility index (Phi) is 5.65. The molecule has 3 nitrogen and oxygen atoms in total. The van der Waals surface area contributed by atoms with Crippen LogP contribution in [0.1, 0.15) is 44.1 Å². The Balaban J connectivity index is 1.40. The number of quaternary nitrogens is 1. The van der Waals surface area contributed by atoms with E-state index in [2.05, 4.69) is 0 Å². The average molecular weight is 319 g/mol. The SMILES string of the molecule is O=C(CCC1CCCC1)N1CC[NH+](Cc2cccc(F)c2)CC1. The predicted octanol–water partition coefficient (Wildman–Crippen LogP) is 2.02. The first kappa shape index (κ1) is 16.4. The van der Waals surface area contributed by atoms with Gasteiger partial charge in [-0.25, -0.2) is 4.39 Å². The fourth-order valence-corrected chi connectivity index (χ4v) is 3.97. The number of nitrogens with zero attached hydrogens (tertiary/aromatic N) is 1. The Hall–Kier alpha value is -1.42. The van der Waals surface area contributed by atoms with Gasteiger partial charge < -0.3 is 9.80 Å². The second kappa shape index (κ2) is 7.91. The molecule has 0 unspecified atom stereocenters. The molecule has 0 spiro atoms. The zero-order valence-corrected chi connectivity index (χ0v) is 13.9. The summed E-state index contributed by atoms with van der Waals surface area (Å²) in [7, 11) is 0. The summed E-state index contributed by atoms with van der Waals surface area (Å²) in [6.07, 6.45) is 7.14. The van der Waals surface area contributed by atoms with E-state index in [-0.39, 0.29) is 5.82 Å². The van der Waals surface area contributed by atoms with Crippen LogP contribution in [0.2, 0.25) is 0 Å². The highest BCUT2D eigenvalue weighted by Crippen LogP contribution is 2.28. The van der Waals surface area contributed by atoms with E-state index in [4.69, 9.17) is 0 Å². The summed E-state index contributed by atoms with van der Waals surface area (Å²) in [6.45, 7) is 4.46. The topological polar surface area (TPSA) is 24.8 Å². The van der Waals surface area contributed by atoms with Gasteiger partial charge in [0, 0.05) is 12.0 Å². The van der Waals surface area contributed by atoms with E-state index in [1.165, 1.54) is 36.6 Å². The minimum absolute atomic E-state index is 0.164. The van der Waals surface area contributed by atoms with E-state index >= 15 is 0 Å². The molecule has 1 saturated heterocycles. The molecule has 126 valence electrons. The van der Waals surface area contributed by atoms with Gasteiger partial charge in [-0.3, -0.25) is 4.79 Å². The first-order valence-electron chi connectivity index (χ1n) is 9.06. The van der Waals surface area contributed by atoms with Crippen LogP contribution in [0.25, 0.3) is 0 Å². The van der Waals surface area contributed by atoms with E-state index in [1.807, 2.05) is 11.0 Å². The molecule has 0 bridgehead atoms. The molecular weight excluding hydrogens is 291 g/mol. The molecule has 1 aromatic carbocycles. The maximum absolute atomic E-state index is 13.2. The van der Waals surface area contributed by atoms with Crippen molar-refractivity contribution in [2.75, 3.05) is 26.2 Å². The van der Waals surface area contributed by atoms with Crippen molar-refractivity contribution in [1.82, 2.24) is 4.90 Å². The number of piperazine rings is 1. The van der Waals surface area contributed by atoms with Gasteiger partial charge in [-0.15, -0.1) is 0 Å². The molecule has 0 aromatic heterocycles. The number of rotatable bonds is 5. The number of hydrogen-bond donors (Lipinski definition) is 1. The number of halogens is 1. The number of benzene rings is 1. The Morgan fingerprint density at radius 1 is 1.22 bits per heavy atom. The van der Waals surface area contributed by atoms with Gasteiger partial charge in [0.2, 0.25) is 5.91 Å². The van der Waals surface area contributed by atoms with Crippen molar-refractivity contribution in [2.24, 2.45) is 5.92 Å². The smallest absolute Gasteiger partial charge is 0.222 e. The summed E-state index contributed by atoms with van der Waals surface area (Å²) in [5, 5.41) is 0.